The van der Waals surface area contributed by atoms with Crippen LogP contribution in [0.1, 0.15) is 78.6 Å². The normalized spacial score (nSPS) is 18.4. The lowest BCUT2D eigenvalue weighted by molar-refractivity contribution is -0.203. The SMILES string of the molecule is C[C@@H](O)CCCCCCCCC/C=C/C1=CC(=O)OC(C)(C)O1. The Hall–Kier alpha value is -1.29. The van der Waals surface area contributed by atoms with Crippen LogP contribution in [0.25, 0.3) is 0 Å². The first-order valence-corrected chi connectivity index (χ1v) is 8.87. The minimum Gasteiger partial charge on any atom is -0.453 e. The summed E-state index contributed by atoms with van der Waals surface area (Å²) >= 11 is 0. The molecule has 4 heteroatoms. The molecule has 0 aromatic carbocycles. The molecule has 1 N–H and O–H groups in total. The maximum Gasteiger partial charge on any atom is 0.337 e. The van der Waals surface area contributed by atoms with Crippen LogP contribution in [0.15, 0.2) is 24.0 Å². The number of ether oxygens (including phenoxy) is 2. The van der Waals surface area contributed by atoms with E-state index < -0.39 is 5.79 Å². The van der Waals surface area contributed by atoms with E-state index >= 15 is 0 Å². The summed E-state index contributed by atoms with van der Waals surface area (Å²) in [7, 11) is 0. The molecule has 1 aliphatic rings. The summed E-state index contributed by atoms with van der Waals surface area (Å²) in [4.78, 5) is 11.4. The molecule has 0 spiro atoms. The second-order valence-corrected chi connectivity index (χ2v) is 6.77. The highest BCUT2D eigenvalue weighted by Gasteiger charge is 2.28. The van der Waals surface area contributed by atoms with E-state index in [9.17, 15) is 4.79 Å². The van der Waals surface area contributed by atoms with Crippen molar-refractivity contribution < 1.29 is 19.4 Å². The molecule has 0 saturated heterocycles. The van der Waals surface area contributed by atoms with E-state index in [2.05, 4.69) is 6.08 Å². The molecule has 1 aliphatic heterocycles. The highest BCUT2D eigenvalue weighted by atomic mass is 16.7. The fourth-order valence-electron chi connectivity index (χ4n) is 2.59. The molecule has 23 heavy (non-hydrogen) atoms. The van der Waals surface area contributed by atoms with Crippen molar-refractivity contribution in [3.63, 3.8) is 0 Å². The number of aliphatic hydroxyl groups is 1. The second kappa shape index (κ2) is 10.5. The van der Waals surface area contributed by atoms with Gasteiger partial charge in [0, 0.05) is 13.8 Å². The zero-order valence-corrected chi connectivity index (χ0v) is 14.8. The molecule has 4 nitrogen and oxygen atoms in total. The Morgan fingerprint density at radius 2 is 1.70 bits per heavy atom. The first-order chi connectivity index (χ1) is 10.9. The van der Waals surface area contributed by atoms with E-state index in [1.165, 1.54) is 38.2 Å². The molecule has 0 aromatic heterocycles. The van der Waals surface area contributed by atoms with Crippen molar-refractivity contribution in [1.82, 2.24) is 0 Å². The average molecular weight is 324 g/mol. The third-order valence-corrected chi connectivity index (χ3v) is 3.74. The number of esters is 1. The Labute approximate surface area is 140 Å². The maximum atomic E-state index is 11.4. The fraction of sp³-hybridized carbons (Fsp3) is 0.737. The number of unbranched alkanes of at least 4 members (excludes halogenated alkanes) is 7. The van der Waals surface area contributed by atoms with Crippen molar-refractivity contribution in [2.75, 3.05) is 0 Å². The molecule has 1 heterocycles. The van der Waals surface area contributed by atoms with E-state index in [4.69, 9.17) is 14.6 Å². The minimum atomic E-state index is -0.876. The van der Waals surface area contributed by atoms with Gasteiger partial charge < -0.3 is 14.6 Å². The van der Waals surface area contributed by atoms with Crippen molar-refractivity contribution in [3.8, 4) is 0 Å². The number of carbonyl (C=O) groups is 1. The highest BCUT2D eigenvalue weighted by molar-refractivity contribution is 5.83. The Bertz CT molecular complexity index is 408. The van der Waals surface area contributed by atoms with E-state index in [1.54, 1.807) is 13.8 Å². The third kappa shape index (κ3) is 10.2. The number of aliphatic hydroxyl groups excluding tert-OH is 1. The smallest absolute Gasteiger partial charge is 0.337 e. The molecule has 1 rings (SSSR count). The fourth-order valence-corrected chi connectivity index (χ4v) is 2.59. The van der Waals surface area contributed by atoms with Gasteiger partial charge in [0.05, 0.1) is 12.2 Å². The topological polar surface area (TPSA) is 55.8 Å². The van der Waals surface area contributed by atoms with E-state index in [-0.39, 0.29) is 12.1 Å². The molecule has 0 unspecified atom stereocenters. The number of allylic oxidation sites excluding steroid dienone is 2. The van der Waals surface area contributed by atoms with E-state index in [0.717, 1.165) is 25.7 Å². The molecule has 132 valence electrons. The van der Waals surface area contributed by atoms with Crippen LogP contribution in [0.4, 0.5) is 0 Å². The van der Waals surface area contributed by atoms with Crippen molar-refractivity contribution in [2.24, 2.45) is 0 Å². The molecule has 0 aliphatic carbocycles. The molecule has 1 atom stereocenters. The average Bonchev–Trinajstić information content (AvgIpc) is 2.42. The Kier molecular flexibility index (Phi) is 9.00. The van der Waals surface area contributed by atoms with Crippen LogP contribution in [0.3, 0.4) is 0 Å². The number of rotatable bonds is 11. The predicted molar refractivity (Wildman–Crippen MR) is 91.7 cm³/mol. The first-order valence-electron chi connectivity index (χ1n) is 8.87. The zero-order valence-electron chi connectivity index (χ0n) is 14.8. The highest BCUT2D eigenvalue weighted by Crippen LogP contribution is 2.22. The van der Waals surface area contributed by atoms with Crippen LogP contribution >= 0.6 is 0 Å². The summed E-state index contributed by atoms with van der Waals surface area (Å²) in [5.74, 6) is -0.653. The third-order valence-electron chi connectivity index (χ3n) is 3.74. The monoisotopic (exact) mass is 324 g/mol. The van der Waals surface area contributed by atoms with Gasteiger partial charge in [0.25, 0.3) is 0 Å². The molecule has 0 saturated carbocycles. The summed E-state index contributed by atoms with van der Waals surface area (Å²) in [6.07, 6.45) is 15.6. The maximum absolute atomic E-state index is 11.4. The predicted octanol–water partition coefficient (Wildman–Crippen LogP) is 4.63. The van der Waals surface area contributed by atoms with Crippen molar-refractivity contribution in [2.45, 2.75) is 90.4 Å². The van der Waals surface area contributed by atoms with Gasteiger partial charge in [-0.2, -0.15) is 0 Å². The lowest BCUT2D eigenvalue weighted by Crippen LogP contribution is -2.33. The van der Waals surface area contributed by atoms with Crippen LogP contribution in [0.2, 0.25) is 0 Å². The first kappa shape index (κ1) is 19.8. The Balaban J connectivity index is 2.01. The standard InChI is InChI=1S/C19H32O4/c1-16(20)13-11-9-7-5-4-6-8-10-12-14-17-15-18(21)23-19(2,3)22-17/h12,14-16,20H,4-11,13H2,1-3H3/b14-12+/t16-/m1/s1. The summed E-state index contributed by atoms with van der Waals surface area (Å²) in [6.45, 7) is 5.31. The van der Waals surface area contributed by atoms with E-state index in [1.807, 2.05) is 13.0 Å². The van der Waals surface area contributed by atoms with Crippen molar-refractivity contribution in [1.29, 1.82) is 0 Å². The van der Waals surface area contributed by atoms with Gasteiger partial charge in [0.15, 0.2) is 0 Å². The van der Waals surface area contributed by atoms with Gasteiger partial charge >= 0.3 is 5.97 Å². The molecule has 0 radical (unpaired) electrons. The molecule has 0 aromatic rings. The number of hydrogen-bond acceptors (Lipinski definition) is 4. The van der Waals surface area contributed by atoms with Crippen molar-refractivity contribution >= 4 is 5.97 Å². The number of hydrogen-bond donors (Lipinski definition) is 1. The van der Waals surface area contributed by atoms with Gasteiger partial charge in [-0.3, -0.25) is 0 Å². The van der Waals surface area contributed by atoms with Crippen LogP contribution in [-0.4, -0.2) is 23.0 Å². The van der Waals surface area contributed by atoms with Crippen LogP contribution in [0.5, 0.6) is 0 Å². The Morgan fingerprint density at radius 3 is 2.30 bits per heavy atom. The van der Waals surface area contributed by atoms with Gasteiger partial charge in [-0.25, -0.2) is 4.79 Å². The van der Waals surface area contributed by atoms with Gasteiger partial charge in [0.1, 0.15) is 5.76 Å². The van der Waals surface area contributed by atoms with Crippen LogP contribution < -0.4 is 0 Å². The molecule has 0 amide bonds. The molecule has 0 bridgehead atoms. The number of cyclic esters (lactones) is 1. The summed E-state index contributed by atoms with van der Waals surface area (Å²) in [5, 5.41) is 9.17. The second-order valence-electron chi connectivity index (χ2n) is 6.77. The Morgan fingerprint density at radius 1 is 1.09 bits per heavy atom. The van der Waals surface area contributed by atoms with Gasteiger partial charge in [-0.15, -0.1) is 0 Å². The van der Waals surface area contributed by atoms with Crippen molar-refractivity contribution in [3.05, 3.63) is 24.0 Å². The minimum absolute atomic E-state index is 0.155. The molecular weight excluding hydrogens is 292 g/mol. The summed E-state index contributed by atoms with van der Waals surface area (Å²) in [5.41, 5.74) is 0. The lowest BCUT2D eigenvalue weighted by Gasteiger charge is -2.29. The zero-order chi connectivity index (χ0) is 17.1. The summed E-state index contributed by atoms with van der Waals surface area (Å²) in [6, 6.07) is 0. The van der Waals surface area contributed by atoms with Crippen LogP contribution in [-0.2, 0) is 14.3 Å². The quantitative estimate of drug-likeness (QED) is 0.445. The van der Waals surface area contributed by atoms with Gasteiger partial charge in [-0.05, 0) is 32.3 Å². The van der Waals surface area contributed by atoms with E-state index in [0.29, 0.717) is 5.76 Å². The largest absolute Gasteiger partial charge is 0.453 e. The van der Waals surface area contributed by atoms with Gasteiger partial charge in [-0.1, -0.05) is 44.6 Å². The molecular formula is C19H32O4. The summed E-state index contributed by atoms with van der Waals surface area (Å²) < 4.78 is 10.6. The lowest BCUT2D eigenvalue weighted by atomic mass is 10.1. The molecule has 0 fully saturated rings. The van der Waals surface area contributed by atoms with Crippen LogP contribution in [0, 0.1) is 0 Å². The number of carbonyl (C=O) groups excluding carboxylic acids is 1. The van der Waals surface area contributed by atoms with Gasteiger partial charge in [0.2, 0.25) is 5.79 Å².